The van der Waals surface area contributed by atoms with E-state index in [1.807, 2.05) is 4.90 Å². The summed E-state index contributed by atoms with van der Waals surface area (Å²) in [5.74, 6) is 0. The van der Waals surface area contributed by atoms with Gasteiger partial charge < -0.3 is 10.6 Å². The molecule has 4 N–H and O–H groups in total. The van der Waals surface area contributed by atoms with Crippen LogP contribution in [0.15, 0.2) is 0 Å². The molecule has 1 unspecified atom stereocenters. The van der Waals surface area contributed by atoms with E-state index in [4.69, 9.17) is 0 Å². The van der Waals surface area contributed by atoms with Gasteiger partial charge in [-0.3, -0.25) is 0 Å². The summed E-state index contributed by atoms with van der Waals surface area (Å²) in [5.41, 5.74) is 4.14. The molecule has 0 bridgehead atoms. The van der Waals surface area contributed by atoms with Gasteiger partial charge >= 0.3 is 0 Å². The van der Waals surface area contributed by atoms with Crippen molar-refractivity contribution in [2.75, 3.05) is 13.1 Å². The largest absolute Gasteiger partial charge is 0.350 e. The highest BCUT2D eigenvalue weighted by molar-refractivity contribution is 4.68. The third-order valence-electron chi connectivity index (χ3n) is 3.36. The molecule has 0 spiro atoms. The normalized spacial score (nSPS) is 40.1. The highest BCUT2D eigenvalue weighted by atomic mass is 15.2. The fourth-order valence-electron chi connectivity index (χ4n) is 2.67. The van der Waals surface area contributed by atoms with Crippen LogP contribution in [0.2, 0.25) is 0 Å². The summed E-state index contributed by atoms with van der Waals surface area (Å²) in [7, 11) is 0. The first-order chi connectivity index (χ1) is 5.36. The Balaban J connectivity index is 1.85. The molecule has 1 aliphatic carbocycles. The van der Waals surface area contributed by atoms with Gasteiger partial charge in [0.15, 0.2) is 0 Å². The molecule has 1 heterocycles. The van der Waals surface area contributed by atoms with E-state index in [-0.39, 0.29) is 0 Å². The molecule has 11 heavy (non-hydrogen) atoms. The number of hydrogen-bond donors (Lipinski definition) is 2. The van der Waals surface area contributed by atoms with Crippen LogP contribution in [0.3, 0.4) is 0 Å². The molecule has 0 aromatic heterocycles. The van der Waals surface area contributed by atoms with Gasteiger partial charge in [-0.2, -0.15) is 0 Å². The van der Waals surface area contributed by atoms with Crippen molar-refractivity contribution in [2.24, 2.45) is 0 Å². The van der Waals surface area contributed by atoms with Gasteiger partial charge in [-0.25, -0.2) is 0 Å². The third-order valence-corrected chi connectivity index (χ3v) is 3.36. The summed E-state index contributed by atoms with van der Waals surface area (Å²) in [5, 5.41) is 0. The second kappa shape index (κ2) is 3.11. The molecule has 0 aromatic carbocycles. The van der Waals surface area contributed by atoms with Crippen LogP contribution in [0.5, 0.6) is 0 Å². The Labute approximate surface area is 68.7 Å². The summed E-state index contributed by atoms with van der Waals surface area (Å²) < 4.78 is 0. The van der Waals surface area contributed by atoms with Crippen molar-refractivity contribution in [2.45, 2.75) is 44.2 Å². The Morgan fingerprint density at radius 2 is 1.82 bits per heavy atom. The summed E-state index contributed by atoms with van der Waals surface area (Å²) >= 11 is 0. The second-order valence-electron chi connectivity index (χ2n) is 4.25. The molecule has 2 atom stereocenters. The lowest BCUT2D eigenvalue weighted by molar-refractivity contribution is -0.916. The SMILES string of the molecule is [NH3+][C@H]1CC[NH+](C2CCCC2)C1. The fourth-order valence-corrected chi connectivity index (χ4v) is 2.67. The minimum absolute atomic E-state index is 0.755. The first-order valence-corrected chi connectivity index (χ1v) is 5.04. The van der Waals surface area contributed by atoms with Crippen LogP contribution in [-0.4, -0.2) is 25.2 Å². The van der Waals surface area contributed by atoms with E-state index >= 15 is 0 Å². The van der Waals surface area contributed by atoms with E-state index in [0.717, 1.165) is 12.1 Å². The monoisotopic (exact) mass is 156 g/mol. The molecule has 2 heteroatoms. The van der Waals surface area contributed by atoms with Gasteiger partial charge in [0.05, 0.1) is 19.0 Å². The summed E-state index contributed by atoms with van der Waals surface area (Å²) in [6, 6.07) is 1.77. The lowest BCUT2D eigenvalue weighted by atomic mass is 10.2. The summed E-state index contributed by atoms with van der Waals surface area (Å²) in [4.78, 5) is 1.86. The van der Waals surface area contributed by atoms with Crippen molar-refractivity contribution >= 4 is 0 Å². The van der Waals surface area contributed by atoms with Crippen LogP contribution >= 0.6 is 0 Å². The molecular weight excluding hydrogens is 136 g/mol. The number of quaternary nitrogens is 2. The van der Waals surface area contributed by atoms with E-state index in [2.05, 4.69) is 5.73 Å². The maximum atomic E-state index is 4.14. The molecule has 0 aromatic rings. The lowest BCUT2D eigenvalue weighted by Crippen LogP contribution is -3.14. The molecule has 1 saturated heterocycles. The number of nitrogens with one attached hydrogen (secondary N) is 1. The average Bonchev–Trinajstić information content (AvgIpc) is 2.55. The van der Waals surface area contributed by atoms with Crippen LogP contribution in [0.25, 0.3) is 0 Å². The standard InChI is InChI=1S/C9H18N2/c10-8-5-6-11(7-8)9-3-1-2-4-9/h8-9H,1-7,10H2/p+2/t8-/m0/s1. The van der Waals surface area contributed by atoms with Crippen LogP contribution in [0.1, 0.15) is 32.1 Å². The minimum Gasteiger partial charge on any atom is -0.350 e. The van der Waals surface area contributed by atoms with E-state index in [1.54, 1.807) is 0 Å². The predicted molar refractivity (Wildman–Crippen MR) is 44.2 cm³/mol. The molecule has 64 valence electrons. The maximum Gasteiger partial charge on any atom is 0.139 e. The van der Waals surface area contributed by atoms with Crippen molar-refractivity contribution in [3.63, 3.8) is 0 Å². The van der Waals surface area contributed by atoms with Gasteiger partial charge in [0.25, 0.3) is 0 Å². The quantitative estimate of drug-likeness (QED) is 0.479. The van der Waals surface area contributed by atoms with E-state index in [1.165, 1.54) is 45.2 Å². The molecular formula is C9H20N2+2. The maximum absolute atomic E-state index is 4.14. The Morgan fingerprint density at radius 1 is 1.09 bits per heavy atom. The van der Waals surface area contributed by atoms with Crippen LogP contribution < -0.4 is 10.6 Å². The smallest absolute Gasteiger partial charge is 0.139 e. The average molecular weight is 156 g/mol. The Bertz CT molecular complexity index is 130. The molecule has 2 fully saturated rings. The van der Waals surface area contributed by atoms with Crippen LogP contribution in [0.4, 0.5) is 0 Å². The zero-order chi connectivity index (χ0) is 7.68. The zero-order valence-electron chi connectivity index (χ0n) is 7.31. The number of rotatable bonds is 1. The topological polar surface area (TPSA) is 32.1 Å². The van der Waals surface area contributed by atoms with Gasteiger partial charge in [0.2, 0.25) is 0 Å². The molecule has 1 aliphatic heterocycles. The van der Waals surface area contributed by atoms with E-state index < -0.39 is 0 Å². The molecule has 0 amide bonds. The van der Waals surface area contributed by atoms with Crippen LogP contribution in [-0.2, 0) is 0 Å². The van der Waals surface area contributed by atoms with Gasteiger partial charge in [-0.15, -0.1) is 0 Å². The molecule has 2 nitrogen and oxygen atoms in total. The number of hydrogen-bond acceptors (Lipinski definition) is 0. The van der Waals surface area contributed by atoms with Crippen molar-refractivity contribution in [1.82, 2.24) is 0 Å². The predicted octanol–water partition coefficient (Wildman–Crippen LogP) is -1.17. The van der Waals surface area contributed by atoms with Gasteiger partial charge in [0, 0.05) is 0 Å². The van der Waals surface area contributed by atoms with Crippen molar-refractivity contribution < 1.29 is 10.6 Å². The fraction of sp³-hybridized carbons (Fsp3) is 1.00. The highest BCUT2D eigenvalue weighted by Gasteiger charge is 2.33. The Kier molecular flexibility index (Phi) is 2.14. The van der Waals surface area contributed by atoms with Crippen molar-refractivity contribution in [1.29, 1.82) is 0 Å². The minimum atomic E-state index is 0.755. The molecule has 2 aliphatic rings. The van der Waals surface area contributed by atoms with Crippen molar-refractivity contribution in [3.8, 4) is 0 Å². The number of likely N-dealkylation sites (tertiary alicyclic amines) is 1. The third kappa shape index (κ3) is 1.57. The first-order valence-electron chi connectivity index (χ1n) is 5.04. The first kappa shape index (κ1) is 7.56. The van der Waals surface area contributed by atoms with Crippen molar-refractivity contribution in [3.05, 3.63) is 0 Å². The highest BCUT2D eigenvalue weighted by Crippen LogP contribution is 2.15. The second-order valence-corrected chi connectivity index (χ2v) is 4.25. The summed E-state index contributed by atoms with van der Waals surface area (Å²) in [6.07, 6.45) is 7.31. The van der Waals surface area contributed by atoms with Gasteiger partial charge in [-0.05, 0) is 25.7 Å². The Morgan fingerprint density at radius 3 is 2.36 bits per heavy atom. The Hall–Kier alpha value is -0.0800. The molecule has 0 radical (unpaired) electrons. The van der Waals surface area contributed by atoms with E-state index in [9.17, 15) is 0 Å². The molecule has 1 saturated carbocycles. The zero-order valence-corrected chi connectivity index (χ0v) is 7.31. The summed E-state index contributed by atoms with van der Waals surface area (Å²) in [6.45, 7) is 2.75. The van der Waals surface area contributed by atoms with E-state index in [0.29, 0.717) is 0 Å². The van der Waals surface area contributed by atoms with Crippen LogP contribution in [0, 0.1) is 0 Å². The van der Waals surface area contributed by atoms with Gasteiger partial charge in [-0.1, -0.05) is 0 Å². The molecule has 2 rings (SSSR count). The lowest BCUT2D eigenvalue weighted by Gasteiger charge is -2.18. The van der Waals surface area contributed by atoms with Gasteiger partial charge in [0.1, 0.15) is 12.6 Å².